The maximum Gasteiger partial charge on any atom is 0.296 e. The molecule has 0 bridgehead atoms. The van der Waals surface area contributed by atoms with Gasteiger partial charge < -0.3 is 23.9 Å². The zero-order chi connectivity index (χ0) is 23.7. The number of ketones is 1. The molecule has 1 N–H and O–H groups in total. The largest absolute Gasteiger partial charge is 0.507 e. The maximum absolute atomic E-state index is 13.2. The number of carbonyl (C=O) groups is 2. The molecule has 1 unspecified atom stereocenters. The van der Waals surface area contributed by atoms with Gasteiger partial charge in [0.15, 0.2) is 11.5 Å². The lowest BCUT2D eigenvalue weighted by molar-refractivity contribution is -0.140. The predicted octanol–water partition coefficient (Wildman–Crippen LogP) is 4.54. The molecule has 1 fully saturated rings. The number of likely N-dealkylation sites (tertiary alicyclic amines) is 1. The van der Waals surface area contributed by atoms with Crippen LogP contribution in [-0.4, -0.2) is 35.9 Å². The highest BCUT2D eigenvalue weighted by Gasteiger charge is 2.46. The molecule has 0 spiro atoms. The number of hydrogen-bond donors (Lipinski definition) is 1. The highest BCUT2D eigenvalue weighted by molar-refractivity contribution is 6.46. The average molecular weight is 447 g/mol. The second-order valence-electron chi connectivity index (χ2n) is 7.94. The van der Waals surface area contributed by atoms with Crippen molar-refractivity contribution in [3.63, 3.8) is 0 Å². The molecule has 7 heteroatoms. The fourth-order valence-corrected chi connectivity index (χ4v) is 4.12. The SMILES string of the molecule is COc1ccc(C2C(=C(O)c3cc(C)ccc3C)C(=O)C(=O)N2Cc2ccco2)cc1OC. The van der Waals surface area contributed by atoms with E-state index in [1.165, 1.54) is 25.4 Å². The van der Waals surface area contributed by atoms with Crippen molar-refractivity contribution in [2.24, 2.45) is 0 Å². The lowest BCUT2D eigenvalue weighted by Crippen LogP contribution is -2.29. The Labute approximate surface area is 191 Å². The number of aryl methyl sites for hydroxylation is 2. The van der Waals surface area contributed by atoms with Crippen LogP contribution in [0.4, 0.5) is 0 Å². The molecular weight excluding hydrogens is 422 g/mol. The monoisotopic (exact) mass is 447 g/mol. The summed E-state index contributed by atoms with van der Waals surface area (Å²) in [5.74, 6) is -0.188. The summed E-state index contributed by atoms with van der Waals surface area (Å²) < 4.78 is 16.2. The predicted molar refractivity (Wildman–Crippen MR) is 122 cm³/mol. The van der Waals surface area contributed by atoms with Crippen molar-refractivity contribution >= 4 is 17.4 Å². The molecule has 1 aromatic heterocycles. The summed E-state index contributed by atoms with van der Waals surface area (Å²) in [6.45, 7) is 3.82. The lowest BCUT2D eigenvalue weighted by atomic mass is 9.93. The molecule has 4 rings (SSSR count). The first kappa shape index (κ1) is 22.2. The second kappa shape index (κ2) is 8.86. The Kier molecular flexibility index (Phi) is 5.96. The van der Waals surface area contributed by atoms with E-state index < -0.39 is 17.7 Å². The highest BCUT2D eigenvalue weighted by Crippen LogP contribution is 2.43. The molecular formula is C26H25NO6. The first-order valence-corrected chi connectivity index (χ1v) is 10.5. The smallest absolute Gasteiger partial charge is 0.296 e. The standard InChI is InChI=1S/C26H25NO6/c1-15-7-8-16(2)19(12-15)24(28)22-23(17-9-10-20(31-3)21(13-17)32-4)27(26(30)25(22)29)14-18-6-5-11-33-18/h5-13,23,28H,14H2,1-4H3. The Balaban J connectivity index is 1.93. The molecule has 1 atom stereocenters. The Bertz CT molecular complexity index is 1240. The number of aliphatic hydroxyl groups excluding tert-OH is 1. The van der Waals surface area contributed by atoms with Crippen LogP contribution in [0, 0.1) is 13.8 Å². The molecule has 0 aliphatic carbocycles. The molecule has 2 aromatic carbocycles. The van der Waals surface area contributed by atoms with Gasteiger partial charge in [0, 0.05) is 5.56 Å². The summed E-state index contributed by atoms with van der Waals surface area (Å²) in [4.78, 5) is 27.7. The van der Waals surface area contributed by atoms with E-state index in [2.05, 4.69) is 0 Å². The van der Waals surface area contributed by atoms with Gasteiger partial charge >= 0.3 is 0 Å². The van der Waals surface area contributed by atoms with Crippen LogP contribution in [0.25, 0.3) is 5.76 Å². The highest BCUT2D eigenvalue weighted by atomic mass is 16.5. The number of benzene rings is 2. The minimum Gasteiger partial charge on any atom is -0.507 e. The number of furan rings is 1. The Hall–Kier alpha value is -4.00. The van der Waals surface area contributed by atoms with E-state index in [0.717, 1.165) is 11.1 Å². The molecule has 0 saturated carbocycles. The molecule has 3 aromatic rings. The number of ether oxygens (including phenoxy) is 2. The molecule has 1 amide bonds. The van der Waals surface area contributed by atoms with Crippen LogP contribution in [0.5, 0.6) is 11.5 Å². The first-order chi connectivity index (χ1) is 15.8. The fraction of sp³-hybridized carbons (Fsp3) is 0.231. The number of rotatable bonds is 6. The maximum atomic E-state index is 13.2. The van der Waals surface area contributed by atoms with Crippen LogP contribution < -0.4 is 9.47 Å². The van der Waals surface area contributed by atoms with Gasteiger partial charge in [-0.25, -0.2) is 0 Å². The van der Waals surface area contributed by atoms with Crippen molar-refractivity contribution in [1.29, 1.82) is 0 Å². The molecule has 2 heterocycles. The van der Waals surface area contributed by atoms with Gasteiger partial charge in [-0.05, 0) is 55.3 Å². The van der Waals surface area contributed by atoms with Gasteiger partial charge in [0.1, 0.15) is 11.5 Å². The number of carbonyl (C=O) groups excluding carboxylic acids is 2. The van der Waals surface area contributed by atoms with Gasteiger partial charge in [-0.3, -0.25) is 9.59 Å². The average Bonchev–Trinajstić information content (AvgIpc) is 3.42. The normalized spacial score (nSPS) is 17.5. The van der Waals surface area contributed by atoms with E-state index in [4.69, 9.17) is 13.9 Å². The van der Waals surface area contributed by atoms with Crippen LogP contribution in [0.15, 0.2) is 64.8 Å². The van der Waals surface area contributed by atoms with Crippen LogP contribution in [0.2, 0.25) is 0 Å². The summed E-state index contributed by atoms with van der Waals surface area (Å²) in [5, 5.41) is 11.3. The number of amides is 1. The van der Waals surface area contributed by atoms with Crippen molar-refractivity contribution in [1.82, 2.24) is 4.90 Å². The summed E-state index contributed by atoms with van der Waals surface area (Å²) in [6.07, 6.45) is 1.51. The third-order valence-corrected chi connectivity index (χ3v) is 5.82. The number of Topliss-reactive ketones (excluding diaryl/α,β-unsaturated/α-hetero) is 1. The van der Waals surface area contributed by atoms with Crippen molar-refractivity contribution in [3.05, 3.63) is 88.4 Å². The van der Waals surface area contributed by atoms with Crippen molar-refractivity contribution in [2.45, 2.75) is 26.4 Å². The summed E-state index contributed by atoms with van der Waals surface area (Å²) in [6, 6.07) is 13.4. The van der Waals surface area contributed by atoms with Crippen LogP contribution in [0.3, 0.4) is 0 Å². The molecule has 7 nitrogen and oxygen atoms in total. The third kappa shape index (κ3) is 3.98. The van der Waals surface area contributed by atoms with Gasteiger partial charge in [0.25, 0.3) is 11.7 Å². The van der Waals surface area contributed by atoms with Crippen molar-refractivity contribution in [2.75, 3.05) is 14.2 Å². The third-order valence-electron chi connectivity index (χ3n) is 5.82. The van der Waals surface area contributed by atoms with Crippen molar-refractivity contribution in [3.8, 4) is 11.5 Å². The lowest BCUT2D eigenvalue weighted by Gasteiger charge is -2.25. The minimum absolute atomic E-state index is 0.0208. The number of aliphatic hydroxyl groups is 1. The van der Waals surface area contributed by atoms with E-state index in [-0.39, 0.29) is 17.9 Å². The number of hydrogen-bond acceptors (Lipinski definition) is 6. The van der Waals surface area contributed by atoms with Gasteiger partial charge in [-0.1, -0.05) is 23.8 Å². The quantitative estimate of drug-likeness (QED) is 0.339. The summed E-state index contributed by atoms with van der Waals surface area (Å²) >= 11 is 0. The molecule has 1 aliphatic heterocycles. The van der Waals surface area contributed by atoms with Gasteiger partial charge in [0.05, 0.1) is 38.6 Å². The summed E-state index contributed by atoms with van der Waals surface area (Å²) in [5.41, 5.74) is 2.85. The topological polar surface area (TPSA) is 89.2 Å². The zero-order valence-corrected chi connectivity index (χ0v) is 18.9. The molecule has 1 aliphatic rings. The minimum atomic E-state index is -0.838. The Morgan fingerprint density at radius 1 is 1.03 bits per heavy atom. The number of methoxy groups -OCH3 is 2. The van der Waals surface area contributed by atoms with E-state index in [0.29, 0.717) is 28.4 Å². The van der Waals surface area contributed by atoms with E-state index in [1.807, 2.05) is 26.0 Å². The van der Waals surface area contributed by atoms with E-state index in [9.17, 15) is 14.7 Å². The van der Waals surface area contributed by atoms with Crippen LogP contribution >= 0.6 is 0 Å². The number of nitrogens with zero attached hydrogens (tertiary/aromatic N) is 1. The molecule has 1 saturated heterocycles. The fourth-order valence-electron chi connectivity index (χ4n) is 4.12. The van der Waals surface area contributed by atoms with Gasteiger partial charge in [0.2, 0.25) is 0 Å². The molecule has 0 radical (unpaired) electrons. The van der Waals surface area contributed by atoms with E-state index in [1.54, 1.807) is 36.4 Å². The Morgan fingerprint density at radius 2 is 1.79 bits per heavy atom. The molecule has 170 valence electrons. The second-order valence-corrected chi connectivity index (χ2v) is 7.94. The van der Waals surface area contributed by atoms with E-state index >= 15 is 0 Å². The van der Waals surface area contributed by atoms with Crippen LogP contribution in [-0.2, 0) is 16.1 Å². The Morgan fingerprint density at radius 3 is 2.45 bits per heavy atom. The van der Waals surface area contributed by atoms with Crippen LogP contribution in [0.1, 0.15) is 34.1 Å². The van der Waals surface area contributed by atoms with Gasteiger partial charge in [-0.15, -0.1) is 0 Å². The van der Waals surface area contributed by atoms with Gasteiger partial charge in [-0.2, -0.15) is 0 Å². The first-order valence-electron chi connectivity index (χ1n) is 10.5. The molecule has 33 heavy (non-hydrogen) atoms. The van der Waals surface area contributed by atoms with Crippen molar-refractivity contribution < 1.29 is 28.6 Å². The summed E-state index contributed by atoms with van der Waals surface area (Å²) in [7, 11) is 3.04. The zero-order valence-electron chi connectivity index (χ0n) is 18.9.